The van der Waals surface area contributed by atoms with Crippen LogP contribution in [0.5, 0.6) is 0 Å². The van der Waals surface area contributed by atoms with Gasteiger partial charge in [0.2, 0.25) is 11.8 Å². The van der Waals surface area contributed by atoms with Crippen LogP contribution in [0.1, 0.15) is 78.1 Å². The largest absolute Gasteiger partial charge is 0.396 e. The summed E-state index contributed by atoms with van der Waals surface area (Å²) >= 11 is 3.40. The lowest BCUT2D eigenvalue weighted by Crippen LogP contribution is -2.62. The minimum absolute atomic E-state index is 0.0381. The second kappa shape index (κ2) is 25.2. The van der Waals surface area contributed by atoms with Crippen molar-refractivity contribution in [1.82, 2.24) is 15.4 Å². The van der Waals surface area contributed by atoms with Crippen LogP contribution in [0.4, 0.5) is 0 Å². The van der Waals surface area contributed by atoms with Crippen LogP contribution in [-0.4, -0.2) is 170 Å². The summed E-state index contributed by atoms with van der Waals surface area (Å²) in [5, 5.41) is 80.4. The second-order valence-corrected chi connectivity index (χ2v) is 20.7. The van der Waals surface area contributed by atoms with Crippen LogP contribution in [0.15, 0.2) is 0 Å². The normalized spacial score (nSPS) is 38.0. The Bertz CT molecular complexity index is 1300. The van der Waals surface area contributed by atoms with Crippen LogP contribution in [0.3, 0.4) is 0 Å². The zero-order valence-electron chi connectivity index (χ0n) is 35.2. The minimum Gasteiger partial charge on any atom is -0.396 e. The molecule has 0 spiro atoms. The van der Waals surface area contributed by atoms with Gasteiger partial charge in [-0.15, -0.1) is 0 Å². The van der Waals surface area contributed by atoms with Gasteiger partial charge in [0.25, 0.3) is 0 Å². The third-order valence-corrected chi connectivity index (χ3v) is 15.3. The minimum atomic E-state index is -1.28. The van der Waals surface area contributed by atoms with Gasteiger partial charge in [0.05, 0.1) is 73.8 Å². The highest BCUT2D eigenvalue weighted by molar-refractivity contribution is 14.1. The lowest BCUT2D eigenvalue weighted by molar-refractivity contribution is -0.157. The molecule has 4 aliphatic rings. The van der Waals surface area contributed by atoms with Gasteiger partial charge in [-0.3, -0.25) is 14.3 Å². The third kappa shape index (κ3) is 14.5. The molecule has 0 bridgehead atoms. The average Bonchev–Trinajstić information content (AvgIpc) is 3.75. The molecule has 17 unspecified atom stereocenters. The number of rotatable bonds is 23. The summed E-state index contributed by atoms with van der Waals surface area (Å²) in [4.78, 5) is 24.2. The number of aliphatic hydroxyl groups is 7. The molecule has 18 nitrogen and oxygen atoms in total. The van der Waals surface area contributed by atoms with Crippen LogP contribution in [0.2, 0.25) is 0 Å². The molecule has 17 atom stereocenters. The number of halogens is 1. The van der Waals surface area contributed by atoms with Gasteiger partial charge in [0.15, 0.2) is 0 Å². The number of nitrogens with two attached hydrogens (primary N) is 3. The van der Waals surface area contributed by atoms with Gasteiger partial charge >= 0.3 is 0 Å². The highest BCUT2D eigenvalue weighted by Crippen LogP contribution is 2.43. The molecule has 0 aromatic rings. The van der Waals surface area contributed by atoms with Gasteiger partial charge in [0, 0.05) is 80.9 Å². The van der Waals surface area contributed by atoms with Gasteiger partial charge in [-0.2, -0.15) is 0 Å². The van der Waals surface area contributed by atoms with E-state index in [1.54, 1.807) is 0 Å². The molecule has 4 saturated carbocycles. The zero-order valence-corrected chi connectivity index (χ0v) is 38.2. The Kier molecular flexibility index (Phi) is 21.9. The fraction of sp³-hybridized carbons (Fsp3) is 0.950. The number of alkyl halides is 1. The smallest absolute Gasteiger partial charge is 0.231 e. The van der Waals surface area contributed by atoms with Crippen molar-refractivity contribution in [1.29, 1.82) is 0 Å². The summed E-state index contributed by atoms with van der Waals surface area (Å²) in [5.74, 6) is -1.86. The van der Waals surface area contributed by atoms with Crippen molar-refractivity contribution < 1.29 is 59.5 Å². The number of amides is 2. The van der Waals surface area contributed by atoms with Crippen molar-refractivity contribution in [3.63, 3.8) is 0 Å². The predicted octanol–water partition coefficient (Wildman–Crippen LogP) is -1.79. The van der Waals surface area contributed by atoms with Crippen molar-refractivity contribution in [3.8, 4) is 0 Å². The second-order valence-electron chi connectivity index (χ2n) is 17.7. The fourth-order valence-electron chi connectivity index (χ4n) is 9.41. The average molecular weight is 991 g/mol. The van der Waals surface area contributed by atoms with Crippen molar-refractivity contribution in [3.05, 3.63) is 0 Å². The summed E-state index contributed by atoms with van der Waals surface area (Å²) in [6, 6.07) is -2.43. The van der Waals surface area contributed by atoms with Crippen molar-refractivity contribution in [2.24, 2.45) is 52.7 Å². The SMILES string of the molecule is CCC(OCC1CC(C(C)(I)OCC2CC(OCCCNSCC(=O)NCCC(=O)NCC3CCCC3)C(N)C(O)C2O)C(N)C(O)C1O)C1CC(CO)C(O)C(O)C1N. The van der Waals surface area contributed by atoms with Crippen LogP contribution in [0.25, 0.3) is 0 Å². The molecular formula is C40H75IN6O12S. The molecule has 0 aromatic heterocycles. The topological polar surface area (TPSA) is 318 Å². The number of carbonyl (C=O) groups is 2. The molecule has 0 heterocycles. The molecule has 20 heteroatoms. The maximum Gasteiger partial charge on any atom is 0.231 e. The summed E-state index contributed by atoms with van der Waals surface area (Å²) in [6.07, 6.45) is -1.02. The molecule has 0 aromatic carbocycles. The standard InChI is InChI=1S/C40H75IN6O12S/c1-3-27(25-13-22(17-48)34(51)37(54)31(25)42)58-18-23-14-26(32(43)38(55)35(23)52)40(2,41)59-19-24-15-28(33(44)39(56)36(24)53)57-12-6-10-47-60-20-30(50)45-11-9-29(49)46-16-21-7-4-5-8-21/h21-28,31-39,47-48,51-56H,3-20,42-44H2,1-2H3,(H,45,50)(H,46,49). The maximum atomic E-state index is 12.2. The van der Waals surface area contributed by atoms with Crippen LogP contribution in [0, 0.1) is 35.5 Å². The first-order valence-corrected chi connectivity index (χ1v) is 24.0. The molecule has 2 amide bonds. The quantitative estimate of drug-likeness (QED) is 0.0233. The fourth-order valence-corrected chi connectivity index (χ4v) is 10.9. The van der Waals surface area contributed by atoms with Gasteiger partial charge in [-0.1, -0.05) is 31.7 Å². The zero-order chi connectivity index (χ0) is 44.1. The summed E-state index contributed by atoms with van der Waals surface area (Å²) in [6.45, 7) is 5.41. The Hall–Kier alpha value is -0.540. The lowest BCUT2D eigenvalue weighted by Gasteiger charge is -2.48. The Balaban J connectivity index is 1.18. The predicted molar refractivity (Wildman–Crippen MR) is 234 cm³/mol. The number of hydrogen-bond donors (Lipinski definition) is 13. The van der Waals surface area contributed by atoms with Gasteiger partial charge in [0.1, 0.15) is 3.61 Å². The first-order valence-electron chi connectivity index (χ1n) is 21.9. The number of hydrogen-bond acceptors (Lipinski definition) is 17. The highest BCUT2D eigenvalue weighted by Gasteiger charge is 2.51. The number of nitrogens with one attached hydrogen (secondary N) is 3. The third-order valence-electron chi connectivity index (χ3n) is 13.4. The van der Waals surface area contributed by atoms with E-state index in [1.807, 2.05) is 13.8 Å². The van der Waals surface area contributed by atoms with Crippen molar-refractivity contribution in [2.45, 2.75) is 149 Å². The van der Waals surface area contributed by atoms with Gasteiger partial charge in [-0.25, -0.2) is 0 Å². The first-order chi connectivity index (χ1) is 28.5. The number of aliphatic hydroxyl groups excluding tert-OH is 7. The highest BCUT2D eigenvalue weighted by atomic mass is 127. The number of carbonyl (C=O) groups excluding carboxylic acids is 2. The summed E-state index contributed by atoms with van der Waals surface area (Å²) in [5.41, 5.74) is 19.1. The molecular weight excluding hydrogens is 915 g/mol. The van der Waals surface area contributed by atoms with Crippen molar-refractivity contribution >= 4 is 46.4 Å². The van der Waals surface area contributed by atoms with Crippen molar-refractivity contribution in [2.75, 3.05) is 51.8 Å². The Morgan fingerprint density at radius 1 is 0.817 bits per heavy atom. The molecule has 60 heavy (non-hydrogen) atoms. The molecule has 0 saturated heterocycles. The Morgan fingerprint density at radius 3 is 2.12 bits per heavy atom. The van der Waals surface area contributed by atoms with Gasteiger partial charge in [-0.05, 0) is 80.4 Å². The molecule has 350 valence electrons. The van der Waals surface area contributed by atoms with E-state index in [1.165, 1.54) is 24.8 Å². The Morgan fingerprint density at radius 2 is 1.45 bits per heavy atom. The lowest BCUT2D eigenvalue weighted by atomic mass is 9.71. The van der Waals surface area contributed by atoms with Crippen LogP contribution >= 0.6 is 34.5 Å². The molecule has 4 aliphatic carbocycles. The van der Waals surface area contributed by atoms with E-state index < -0.39 is 94.2 Å². The summed E-state index contributed by atoms with van der Waals surface area (Å²) < 4.78 is 21.0. The van der Waals surface area contributed by atoms with E-state index in [2.05, 4.69) is 37.9 Å². The van der Waals surface area contributed by atoms with E-state index in [-0.39, 0.29) is 56.3 Å². The molecule has 16 N–H and O–H groups in total. The number of ether oxygens (including phenoxy) is 3. The van der Waals surface area contributed by atoms with E-state index in [4.69, 9.17) is 31.4 Å². The first kappa shape index (κ1) is 52.1. The monoisotopic (exact) mass is 990 g/mol. The molecule has 0 radical (unpaired) electrons. The van der Waals surface area contributed by atoms with Crippen LogP contribution < -0.4 is 32.6 Å². The van der Waals surface area contributed by atoms with E-state index in [0.29, 0.717) is 57.7 Å². The summed E-state index contributed by atoms with van der Waals surface area (Å²) in [7, 11) is 0. The van der Waals surface area contributed by atoms with Gasteiger partial charge < -0.3 is 77.8 Å². The molecule has 0 aliphatic heterocycles. The Labute approximate surface area is 372 Å². The van der Waals surface area contributed by atoms with Crippen LogP contribution in [-0.2, 0) is 23.8 Å². The molecule has 4 fully saturated rings. The molecule has 4 rings (SSSR count). The maximum absolute atomic E-state index is 12.2. The van der Waals surface area contributed by atoms with E-state index >= 15 is 0 Å². The van der Waals surface area contributed by atoms with E-state index in [9.17, 15) is 45.3 Å². The van der Waals surface area contributed by atoms with E-state index in [0.717, 1.165) is 12.8 Å².